The molecule has 0 saturated heterocycles. The second-order valence-corrected chi connectivity index (χ2v) is 7.33. The number of hydrogen-bond donors (Lipinski definition) is 4. The molecule has 0 bridgehead atoms. The minimum Gasteiger partial charge on any atom is -0.480 e. The van der Waals surface area contributed by atoms with Gasteiger partial charge in [0.15, 0.2) is 0 Å². The molecule has 0 saturated carbocycles. The normalized spacial score (nSPS) is 16.1. The molecule has 0 fully saturated rings. The van der Waals surface area contributed by atoms with Crippen LogP contribution in [0.3, 0.4) is 0 Å². The number of fused-ring (bicyclic) bond motifs is 1. The topological polar surface area (TPSA) is 107 Å². The maximum Gasteiger partial charge on any atom is 0.451 e. The monoisotopic (exact) mass is 412 g/mol. The number of carbonyl (C=O) groups is 1. The number of hydrogen-bond acceptors (Lipinski definition) is 6. The highest BCUT2D eigenvalue weighted by Gasteiger charge is 2.34. The summed E-state index contributed by atoms with van der Waals surface area (Å²) in [4.78, 5) is 15.2. The number of halogens is 2. The number of carboxylic acid groups (broad SMARTS) is 1. The van der Waals surface area contributed by atoms with Crippen LogP contribution >= 0.6 is 36.2 Å². The second kappa shape index (κ2) is 11.4. The van der Waals surface area contributed by atoms with E-state index in [9.17, 15) is 9.90 Å². The molecule has 6 nitrogen and oxygen atoms in total. The van der Waals surface area contributed by atoms with Crippen molar-refractivity contribution in [3.63, 3.8) is 0 Å². The number of aliphatic carboxylic acids is 1. The highest BCUT2D eigenvalue weighted by Crippen LogP contribution is 2.25. The third-order valence-electron chi connectivity index (χ3n) is 4.54. The SMILES string of the molecule is Cl.Cl.NC(CCCCB(O)O)(CCN1CCc2ccsc2C1)C(=O)O. The van der Waals surface area contributed by atoms with E-state index in [1.165, 1.54) is 10.4 Å². The van der Waals surface area contributed by atoms with Gasteiger partial charge in [-0.2, -0.15) is 0 Å². The van der Waals surface area contributed by atoms with Crippen molar-refractivity contribution >= 4 is 49.2 Å². The Kier molecular flexibility index (Phi) is 11.2. The first-order valence-electron chi connectivity index (χ1n) is 8.07. The molecule has 0 radical (unpaired) electrons. The van der Waals surface area contributed by atoms with Crippen molar-refractivity contribution in [1.82, 2.24) is 4.90 Å². The van der Waals surface area contributed by atoms with E-state index < -0.39 is 18.6 Å². The molecular weight excluding hydrogens is 386 g/mol. The highest BCUT2D eigenvalue weighted by atomic mass is 35.5. The van der Waals surface area contributed by atoms with Crippen LogP contribution in [0.25, 0.3) is 0 Å². The van der Waals surface area contributed by atoms with Gasteiger partial charge in [-0.3, -0.25) is 9.69 Å². The average molecular weight is 413 g/mol. The van der Waals surface area contributed by atoms with Crippen molar-refractivity contribution in [2.45, 2.75) is 50.5 Å². The molecule has 10 heteroatoms. The fraction of sp³-hybridized carbons (Fsp3) is 0.667. The number of carboxylic acids is 1. The van der Waals surface area contributed by atoms with Gasteiger partial charge in [0.05, 0.1) is 0 Å². The van der Waals surface area contributed by atoms with Crippen LogP contribution in [0.2, 0.25) is 6.32 Å². The molecule has 0 aliphatic carbocycles. The lowest BCUT2D eigenvalue weighted by molar-refractivity contribution is -0.144. The lowest BCUT2D eigenvalue weighted by atomic mass is 9.81. The third-order valence-corrected chi connectivity index (χ3v) is 5.49. The van der Waals surface area contributed by atoms with Crippen molar-refractivity contribution < 1.29 is 19.9 Å². The smallest absolute Gasteiger partial charge is 0.451 e. The molecule has 1 aliphatic heterocycles. The van der Waals surface area contributed by atoms with Gasteiger partial charge in [0.1, 0.15) is 5.54 Å². The average Bonchev–Trinajstić information content (AvgIpc) is 2.97. The fourth-order valence-electron chi connectivity index (χ4n) is 2.94. The molecule has 0 spiro atoms. The van der Waals surface area contributed by atoms with Gasteiger partial charge in [0, 0.05) is 24.5 Å². The molecule has 1 atom stereocenters. The molecule has 5 N–H and O–H groups in total. The molecule has 1 aromatic rings. The van der Waals surface area contributed by atoms with Gasteiger partial charge in [0.2, 0.25) is 0 Å². The van der Waals surface area contributed by atoms with Crippen LogP contribution in [0.5, 0.6) is 0 Å². The second-order valence-electron chi connectivity index (χ2n) is 6.33. The zero-order valence-electron chi connectivity index (χ0n) is 14.1. The Hall–Kier alpha value is -0.345. The summed E-state index contributed by atoms with van der Waals surface area (Å²) in [5.74, 6) is -0.976. The van der Waals surface area contributed by atoms with E-state index in [2.05, 4.69) is 16.3 Å². The molecule has 1 unspecified atom stereocenters. The Morgan fingerprint density at radius 2 is 2.04 bits per heavy atom. The minimum atomic E-state index is -1.33. The van der Waals surface area contributed by atoms with Crippen molar-refractivity contribution in [3.05, 3.63) is 21.9 Å². The van der Waals surface area contributed by atoms with Gasteiger partial charge < -0.3 is 20.9 Å². The number of nitrogens with two attached hydrogens (primary N) is 1. The number of rotatable bonds is 9. The van der Waals surface area contributed by atoms with E-state index in [0.29, 0.717) is 32.2 Å². The summed E-state index contributed by atoms with van der Waals surface area (Å²) in [7, 11) is -1.33. The van der Waals surface area contributed by atoms with Gasteiger partial charge >= 0.3 is 13.1 Å². The Balaban J connectivity index is 0.00000288. The molecule has 1 aromatic heterocycles. The van der Waals surface area contributed by atoms with Crippen molar-refractivity contribution in [2.75, 3.05) is 13.1 Å². The van der Waals surface area contributed by atoms with Gasteiger partial charge in [0.25, 0.3) is 0 Å². The van der Waals surface area contributed by atoms with Gasteiger partial charge in [-0.25, -0.2) is 0 Å². The van der Waals surface area contributed by atoms with Crippen molar-refractivity contribution in [2.24, 2.45) is 5.73 Å². The number of unbranched alkanes of at least 4 members (excludes halogenated alkanes) is 1. The summed E-state index contributed by atoms with van der Waals surface area (Å²) in [5, 5.41) is 29.2. The van der Waals surface area contributed by atoms with Crippen LogP contribution in [0.4, 0.5) is 0 Å². The van der Waals surface area contributed by atoms with Crippen LogP contribution in [-0.2, 0) is 17.8 Å². The lowest BCUT2D eigenvalue weighted by Gasteiger charge is -2.31. The van der Waals surface area contributed by atoms with Crippen LogP contribution in [-0.4, -0.2) is 51.8 Å². The standard InChI is InChI=1S/C15H25BN2O4S.2ClH/c17-15(14(19)20,5-1-2-7-16(21)22)6-9-18-8-3-12-4-10-23-13(12)11-18;;/h4,10,21-22H,1-3,5-9,11,17H2,(H,19,20);2*1H. The van der Waals surface area contributed by atoms with E-state index in [-0.39, 0.29) is 31.1 Å². The predicted octanol–water partition coefficient (Wildman–Crippen LogP) is 1.77. The first-order valence-corrected chi connectivity index (χ1v) is 8.95. The van der Waals surface area contributed by atoms with Crippen LogP contribution in [0.15, 0.2) is 11.4 Å². The molecule has 2 heterocycles. The van der Waals surface area contributed by atoms with Crippen molar-refractivity contribution in [3.8, 4) is 0 Å². The van der Waals surface area contributed by atoms with E-state index in [1.54, 1.807) is 11.3 Å². The Morgan fingerprint density at radius 3 is 2.68 bits per heavy atom. The lowest BCUT2D eigenvalue weighted by Crippen LogP contribution is -2.50. The van der Waals surface area contributed by atoms with E-state index >= 15 is 0 Å². The summed E-state index contributed by atoms with van der Waals surface area (Å²) in [6.07, 6.45) is 3.17. The largest absolute Gasteiger partial charge is 0.480 e. The maximum atomic E-state index is 11.5. The Morgan fingerprint density at radius 1 is 1.32 bits per heavy atom. The molecule has 0 aromatic carbocycles. The van der Waals surface area contributed by atoms with Crippen LogP contribution in [0, 0.1) is 0 Å². The van der Waals surface area contributed by atoms with Gasteiger partial charge in [-0.05, 0) is 42.6 Å². The Bertz CT molecular complexity index is 535. The number of thiophene rings is 1. The molecule has 1 aliphatic rings. The quantitative estimate of drug-likeness (QED) is 0.363. The molecule has 2 rings (SSSR count). The summed E-state index contributed by atoms with van der Waals surface area (Å²) in [6.45, 7) is 2.48. The minimum absolute atomic E-state index is 0. The van der Waals surface area contributed by atoms with E-state index in [1.807, 2.05) is 0 Å². The Labute approximate surface area is 165 Å². The van der Waals surface area contributed by atoms with Gasteiger partial charge in [-0.15, -0.1) is 36.2 Å². The molecular formula is C15H27BCl2N2O4S. The number of nitrogens with zero attached hydrogens (tertiary/aromatic N) is 1. The zero-order chi connectivity index (χ0) is 16.9. The molecule has 144 valence electrons. The van der Waals surface area contributed by atoms with E-state index in [0.717, 1.165) is 19.5 Å². The predicted molar refractivity (Wildman–Crippen MR) is 106 cm³/mol. The zero-order valence-corrected chi connectivity index (χ0v) is 16.5. The van der Waals surface area contributed by atoms with Gasteiger partial charge in [-0.1, -0.05) is 12.8 Å². The molecule has 25 heavy (non-hydrogen) atoms. The first kappa shape index (κ1) is 24.7. The van der Waals surface area contributed by atoms with Crippen molar-refractivity contribution in [1.29, 1.82) is 0 Å². The summed E-state index contributed by atoms with van der Waals surface area (Å²) >= 11 is 1.75. The summed E-state index contributed by atoms with van der Waals surface area (Å²) in [6, 6.07) is 2.16. The van der Waals surface area contributed by atoms with E-state index in [4.69, 9.17) is 15.8 Å². The van der Waals surface area contributed by atoms with Crippen LogP contribution in [0.1, 0.15) is 36.1 Å². The van der Waals surface area contributed by atoms with Crippen LogP contribution < -0.4 is 5.73 Å². The molecule has 0 amide bonds. The first-order chi connectivity index (χ1) is 10.9. The third kappa shape index (κ3) is 7.42. The highest BCUT2D eigenvalue weighted by molar-refractivity contribution is 7.10. The summed E-state index contributed by atoms with van der Waals surface area (Å²) < 4.78 is 0. The summed E-state index contributed by atoms with van der Waals surface area (Å²) in [5.41, 5.74) is 6.27. The maximum absolute atomic E-state index is 11.5. The fourth-order valence-corrected chi connectivity index (χ4v) is 3.92.